The van der Waals surface area contributed by atoms with Crippen LogP contribution in [-0.4, -0.2) is 52.2 Å². The molecule has 1 unspecified atom stereocenters. The molecule has 2 N–H and O–H groups in total. The van der Waals surface area contributed by atoms with E-state index >= 15 is 0 Å². The summed E-state index contributed by atoms with van der Waals surface area (Å²) in [4.78, 5) is 26.3. The number of carbonyl (C=O) groups is 2. The van der Waals surface area contributed by atoms with Gasteiger partial charge in [0, 0.05) is 44.6 Å². The van der Waals surface area contributed by atoms with Crippen molar-refractivity contribution in [3.63, 3.8) is 0 Å². The highest BCUT2D eigenvalue weighted by Crippen LogP contribution is 2.35. The SMILES string of the molecule is COc1ccc(N2CC(C(=O)NCC3CNC3)CC2=O)c(OC)c1. The predicted molar refractivity (Wildman–Crippen MR) is 89.4 cm³/mol. The highest BCUT2D eigenvalue weighted by Gasteiger charge is 2.36. The highest BCUT2D eigenvalue weighted by atomic mass is 16.5. The van der Waals surface area contributed by atoms with Crippen LogP contribution >= 0.6 is 0 Å². The van der Waals surface area contributed by atoms with Crippen LogP contribution in [0.25, 0.3) is 0 Å². The number of anilines is 1. The first-order valence-corrected chi connectivity index (χ1v) is 8.13. The lowest BCUT2D eigenvalue weighted by molar-refractivity contribution is -0.126. The summed E-state index contributed by atoms with van der Waals surface area (Å²) in [5.41, 5.74) is 0.668. The normalized spacial score (nSPS) is 20.7. The molecule has 2 saturated heterocycles. The fraction of sp³-hybridized carbons (Fsp3) is 0.529. The van der Waals surface area contributed by atoms with E-state index in [1.165, 1.54) is 0 Å². The molecule has 7 heteroatoms. The molecule has 2 aliphatic rings. The number of hydrogen-bond donors (Lipinski definition) is 2. The molecule has 24 heavy (non-hydrogen) atoms. The third-order valence-corrected chi connectivity index (χ3v) is 4.60. The summed E-state index contributed by atoms with van der Waals surface area (Å²) < 4.78 is 10.5. The first kappa shape index (κ1) is 16.6. The summed E-state index contributed by atoms with van der Waals surface area (Å²) in [6, 6.07) is 5.30. The first-order valence-electron chi connectivity index (χ1n) is 8.13. The number of amides is 2. The molecule has 2 aliphatic heterocycles. The number of benzene rings is 1. The van der Waals surface area contributed by atoms with Gasteiger partial charge < -0.3 is 25.0 Å². The zero-order valence-electron chi connectivity index (χ0n) is 14.0. The Labute approximate surface area is 141 Å². The molecule has 2 heterocycles. The topological polar surface area (TPSA) is 79.9 Å². The molecule has 1 aromatic rings. The van der Waals surface area contributed by atoms with E-state index in [0.717, 1.165) is 13.1 Å². The van der Waals surface area contributed by atoms with E-state index in [4.69, 9.17) is 9.47 Å². The average Bonchev–Trinajstić information content (AvgIpc) is 2.94. The lowest BCUT2D eigenvalue weighted by Gasteiger charge is -2.27. The van der Waals surface area contributed by atoms with Crippen LogP contribution in [0.1, 0.15) is 6.42 Å². The summed E-state index contributed by atoms with van der Waals surface area (Å²) in [5.74, 6) is 1.28. The Bertz CT molecular complexity index is 630. The van der Waals surface area contributed by atoms with Crippen molar-refractivity contribution < 1.29 is 19.1 Å². The van der Waals surface area contributed by atoms with Crippen molar-refractivity contribution in [2.45, 2.75) is 6.42 Å². The van der Waals surface area contributed by atoms with Crippen LogP contribution in [0.2, 0.25) is 0 Å². The fourth-order valence-corrected chi connectivity index (χ4v) is 3.01. The molecule has 2 fully saturated rings. The monoisotopic (exact) mass is 333 g/mol. The molecule has 2 amide bonds. The minimum atomic E-state index is -0.322. The van der Waals surface area contributed by atoms with Gasteiger partial charge in [-0.1, -0.05) is 0 Å². The van der Waals surface area contributed by atoms with Gasteiger partial charge in [0.05, 0.1) is 25.8 Å². The summed E-state index contributed by atoms with van der Waals surface area (Å²) >= 11 is 0. The van der Waals surface area contributed by atoms with Gasteiger partial charge in [0.2, 0.25) is 11.8 Å². The molecule has 0 spiro atoms. The first-order chi connectivity index (χ1) is 11.6. The van der Waals surface area contributed by atoms with E-state index in [9.17, 15) is 9.59 Å². The van der Waals surface area contributed by atoms with E-state index in [-0.39, 0.29) is 24.2 Å². The lowest BCUT2D eigenvalue weighted by Crippen LogP contribution is -2.49. The van der Waals surface area contributed by atoms with Crippen molar-refractivity contribution >= 4 is 17.5 Å². The number of ether oxygens (including phenoxy) is 2. The van der Waals surface area contributed by atoms with E-state index in [1.54, 1.807) is 37.3 Å². The standard InChI is InChI=1S/C17H23N3O4/c1-23-13-3-4-14(15(6-13)24-2)20-10-12(5-16(20)21)17(22)19-9-11-7-18-8-11/h3-4,6,11-12,18H,5,7-10H2,1-2H3,(H,19,22). The Morgan fingerprint density at radius 3 is 2.75 bits per heavy atom. The predicted octanol–water partition coefficient (Wildman–Crippen LogP) is 0.392. The van der Waals surface area contributed by atoms with Crippen LogP contribution in [0.5, 0.6) is 11.5 Å². The van der Waals surface area contributed by atoms with Crippen LogP contribution < -0.4 is 25.0 Å². The zero-order chi connectivity index (χ0) is 17.1. The quantitative estimate of drug-likeness (QED) is 0.787. The average molecular weight is 333 g/mol. The maximum absolute atomic E-state index is 12.4. The zero-order valence-corrected chi connectivity index (χ0v) is 14.0. The second kappa shape index (κ2) is 7.09. The largest absolute Gasteiger partial charge is 0.497 e. The Kier molecular flexibility index (Phi) is 4.89. The minimum Gasteiger partial charge on any atom is -0.497 e. The van der Waals surface area contributed by atoms with E-state index in [0.29, 0.717) is 36.2 Å². The molecular formula is C17H23N3O4. The van der Waals surface area contributed by atoms with Crippen LogP contribution in [0.4, 0.5) is 5.69 Å². The maximum atomic E-state index is 12.4. The van der Waals surface area contributed by atoms with Crippen molar-refractivity contribution in [3.05, 3.63) is 18.2 Å². The van der Waals surface area contributed by atoms with Crippen molar-refractivity contribution in [2.24, 2.45) is 11.8 Å². The lowest BCUT2D eigenvalue weighted by atomic mass is 10.0. The molecule has 1 aromatic carbocycles. The minimum absolute atomic E-state index is 0.0507. The van der Waals surface area contributed by atoms with Crippen molar-refractivity contribution in [3.8, 4) is 11.5 Å². The van der Waals surface area contributed by atoms with E-state index < -0.39 is 0 Å². The molecule has 0 aromatic heterocycles. The Hall–Kier alpha value is -2.28. The van der Waals surface area contributed by atoms with Crippen molar-refractivity contribution in [1.29, 1.82) is 0 Å². The van der Waals surface area contributed by atoms with Crippen molar-refractivity contribution in [2.75, 3.05) is 45.3 Å². The summed E-state index contributed by atoms with van der Waals surface area (Å²) in [6.07, 6.45) is 0.226. The van der Waals surface area contributed by atoms with E-state index in [1.807, 2.05) is 0 Å². The van der Waals surface area contributed by atoms with Crippen LogP contribution in [0.15, 0.2) is 18.2 Å². The number of nitrogens with zero attached hydrogens (tertiary/aromatic N) is 1. The molecular weight excluding hydrogens is 310 g/mol. The third kappa shape index (κ3) is 3.31. The highest BCUT2D eigenvalue weighted by molar-refractivity contribution is 6.01. The van der Waals surface area contributed by atoms with Crippen molar-refractivity contribution in [1.82, 2.24) is 10.6 Å². The molecule has 0 saturated carbocycles. The van der Waals surface area contributed by atoms with Gasteiger partial charge in [-0.05, 0) is 12.1 Å². The van der Waals surface area contributed by atoms with Crippen LogP contribution in [-0.2, 0) is 9.59 Å². The number of rotatable bonds is 6. The van der Waals surface area contributed by atoms with Gasteiger partial charge in [0.15, 0.2) is 0 Å². The molecule has 0 aliphatic carbocycles. The summed E-state index contributed by atoms with van der Waals surface area (Å²) in [6.45, 7) is 2.93. The fourth-order valence-electron chi connectivity index (χ4n) is 3.01. The smallest absolute Gasteiger partial charge is 0.227 e. The Balaban J connectivity index is 1.66. The third-order valence-electron chi connectivity index (χ3n) is 4.60. The summed E-state index contributed by atoms with van der Waals surface area (Å²) in [5, 5.41) is 6.13. The van der Waals surface area contributed by atoms with Gasteiger partial charge in [0.1, 0.15) is 11.5 Å². The maximum Gasteiger partial charge on any atom is 0.227 e. The molecule has 3 rings (SSSR count). The van der Waals surface area contributed by atoms with Gasteiger partial charge in [-0.15, -0.1) is 0 Å². The molecule has 7 nitrogen and oxygen atoms in total. The van der Waals surface area contributed by atoms with Crippen LogP contribution in [0.3, 0.4) is 0 Å². The molecule has 1 atom stereocenters. The van der Waals surface area contributed by atoms with Gasteiger partial charge >= 0.3 is 0 Å². The number of hydrogen-bond acceptors (Lipinski definition) is 5. The van der Waals surface area contributed by atoms with Gasteiger partial charge in [0.25, 0.3) is 0 Å². The van der Waals surface area contributed by atoms with Gasteiger partial charge in [-0.3, -0.25) is 9.59 Å². The molecule has 130 valence electrons. The number of methoxy groups -OCH3 is 2. The molecule has 0 radical (unpaired) electrons. The van der Waals surface area contributed by atoms with E-state index in [2.05, 4.69) is 10.6 Å². The number of carbonyl (C=O) groups excluding carboxylic acids is 2. The van der Waals surface area contributed by atoms with Crippen LogP contribution in [0, 0.1) is 11.8 Å². The molecule has 0 bridgehead atoms. The second-order valence-electron chi connectivity index (χ2n) is 6.21. The Morgan fingerprint density at radius 2 is 2.12 bits per heavy atom. The second-order valence-corrected chi connectivity index (χ2v) is 6.21. The van der Waals surface area contributed by atoms with Gasteiger partial charge in [-0.25, -0.2) is 0 Å². The summed E-state index contributed by atoms with van der Waals surface area (Å²) in [7, 11) is 3.13. The number of nitrogens with one attached hydrogen (secondary N) is 2. The Morgan fingerprint density at radius 1 is 1.33 bits per heavy atom. The van der Waals surface area contributed by atoms with Gasteiger partial charge in [-0.2, -0.15) is 0 Å².